The number of hydrogen-bond donors (Lipinski definition) is 1. The van der Waals surface area contributed by atoms with Crippen LogP contribution in [0.2, 0.25) is 5.02 Å². The van der Waals surface area contributed by atoms with E-state index in [0.717, 1.165) is 16.1 Å². The number of rotatable bonds is 6. The Kier molecular flexibility index (Phi) is 6.02. The number of hydrogen-bond acceptors (Lipinski definition) is 4. The van der Waals surface area contributed by atoms with Crippen LogP contribution in [0.5, 0.6) is 11.5 Å². The van der Waals surface area contributed by atoms with Crippen molar-refractivity contribution in [2.24, 2.45) is 0 Å². The number of nitrogens with one attached hydrogen (secondary N) is 1. The lowest BCUT2D eigenvalue weighted by atomic mass is 10.1. The second kappa shape index (κ2) is 7.79. The first-order valence-corrected chi connectivity index (χ1v) is 8.62. The number of thioether (sulfide) groups is 1. The fourth-order valence-electron chi connectivity index (χ4n) is 2.38. The van der Waals surface area contributed by atoms with Gasteiger partial charge in [0.05, 0.1) is 25.9 Å². The summed E-state index contributed by atoms with van der Waals surface area (Å²) in [4.78, 5) is 0.964. The minimum Gasteiger partial charge on any atom is -0.493 e. The molecule has 0 aromatic heterocycles. The number of benzene rings is 2. The van der Waals surface area contributed by atoms with E-state index in [9.17, 15) is 4.39 Å². The molecule has 1 unspecified atom stereocenters. The summed E-state index contributed by atoms with van der Waals surface area (Å²) in [7, 11) is 3.14. The van der Waals surface area contributed by atoms with Gasteiger partial charge >= 0.3 is 0 Å². The molecule has 2 aromatic rings. The molecule has 2 aromatic carbocycles. The summed E-state index contributed by atoms with van der Waals surface area (Å²) in [6, 6.07) is 8.06. The Balaban J connectivity index is 2.40. The smallest absolute Gasteiger partial charge is 0.166 e. The Bertz CT molecular complexity index is 697. The fourth-order valence-corrected chi connectivity index (χ4v) is 3.14. The maximum absolute atomic E-state index is 13.5. The predicted octanol–water partition coefficient (Wildman–Crippen LogP) is 5.39. The Morgan fingerprint density at radius 2 is 1.91 bits per heavy atom. The van der Waals surface area contributed by atoms with E-state index in [4.69, 9.17) is 21.1 Å². The van der Waals surface area contributed by atoms with Gasteiger partial charge in [-0.2, -0.15) is 0 Å². The van der Waals surface area contributed by atoms with E-state index in [-0.39, 0.29) is 11.9 Å². The van der Waals surface area contributed by atoms with Crippen molar-refractivity contribution in [2.45, 2.75) is 17.9 Å². The second-order valence-electron chi connectivity index (χ2n) is 4.94. The molecule has 0 fully saturated rings. The predicted molar refractivity (Wildman–Crippen MR) is 94.8 cm³/mol. The van der Waals surface area contributed by atoms with Gasteiger partial charge in [-0.05, 0) is 37.4 Å². The molecule has 0 aliphatic carbocycles. The van der Waals surface area contributed by atoms with E-state index in [1.165, 1.54) is 12.1 Å². The van der Waals surface area contributed by atoms with E-state index in [1.54, 1.807) is 38.1 Å². The second-order valence-corrected chi connectivity index (χ2v) is 6.23. The van der Waals surface area contributed by atoms with Crippen molar-refractivity contribution >= 4 is 29.1 Å². The topological polar surface area (TPSA) is 30.5 Å². The van der Waals surface area contributed by atoms with E-state index in [0.29, 0.717) is 16.5 Å². The van der Waals surface area contributed by atoms with Crippen LogP contribution in [0.15, 0.2) is 35.2 Å². The monoisotopic (exact) mass is 355 g/mol. The minimum atomic E-state index is -0.284. The molecular formula is C17H19ClFNO2S. The van der Waals surface area contributed by atoms with Crippen molar-refractivity contribution in [1.29, 1.82) is 0 Å². The molecule has 3 nitrogen and oxygen atoms in total. The zero-order valence-electron chi connectivity index (χ0n) is 13.4. The molecule has 0 amide bonds. The van der Waals surface area contributed by atoms with Crippen LogP contribution in [0, 0.1) is 5.82 Å². The van der Waals surface area contributed by atoms with Crippen molar-refractivity contribution in [3.05, 3.63) is 46.7 Å². The maximum Gasteiger partial charge on any atom is 0.166 e. The van der Waals surface area contributed by atoms with Crippen LogP contribution in [0.4, 0.5) is 10.1 Å². The lowest BCUT2D eigenvalue weighted by Crippen LogP contribution is -2.10. The Morgan fingerprint density at radius 3 is 2.52 bits per heavy atom. The normalized spacial score (nSPS) is 11.9. The van der Waals surface area contributed by atoms with E-state index in [1.807, 2.05) is 19.2 Å². The summed E-state index contributed by atoms with van der Waals surface area (Å²) >= 11 is 7.71. The molecular weight excluding hydrogens is 337 g/mol. The maximum atomic E-state index is 13.5. The fraction of sp³-hybridized carbons (Fsp3) is 0.294. The van der Waals surface area contributed by atoms with Crippen LogP contribution < -0.4 is 14.8 Å². The molecule has 1 N–H and O–H groups in total. The molecule has 2 rings (SSSR count). The average molecular weight is 356 g/mol. The SMILES string of the molecule is COc1cc(Cl)cc(C(C)Nc2cc(F)ccc2SC)c1OC. The third-order valence-electron chi connectivity index (χ3n) is 3.47. The zero-order valence-corrected chi connectivity index (χ0v) is 15.0. The largest absolute Gasteiger partial charge is 0.493 e. The van der Waals surface area contributed by atoms with Gasteiger partial charge in [0.25, 0.3) is 0 Å². The quantitative estimate of drug-likeness (QED) is 0.703. The zero-order chi connectivity index (χ0) is 17.0. The summed E-state index contributed by atoms with van der Waals surface area (Å²) in [5.41, 5.74) is 1.57. The lowest BCUT2D eigenvalue weighted by Gasteiger charge is -2.21. The van der Waals surface area contributed by atoms with E-state index >= 15 is 0 Å². The number of halogens is 2. The molecule has 1 atom stereocenters. The van der Waals surface area contributed by atoms with Gasteiger partial charge in [-0.1, -0.05) is 11.6 Å². The minimum absolute atomic E-state index is 0.148. The van der Waals surface area contributed by atoms with Crippen LogP contribution in [0.25, 0.3) is 0 Å². The third kappa shape index (κ3) is 4.03. The van der Waals surface area contributed by atoms with Crippen LogP contribution in [-0.2, 0) is 0 Å². The Morgan fingerprint density at radius 1 is 1.17 bits per heavy atom. The van der Waals surface area contributed by atoms with Crippen molar-refractivity contribution in [1.82, 2.24) is 0 Å². The molecule has 23 heavy (non-hydrogen) atoms. The van der Waals surface area contributed by atoms with Gasteiger partial charge in [0.2, 0.25) is 0 Å². The molecule has 0 aliphatic heterocycles. The molecule has 0 spiro atoms. The first kappa shape index (κ1) is 17.8. The van der Waals surface area contributed by atoms with Gasteiger partial charge in [0.15, 0.2) is 11.5 Å². The number of anilines is 1. The van der Waals surface area contributed by atoms with Crippen LogP contribution in [0.1, 0.15) is 18.5 Å². The van der Waals surface area contributed by atoms with Crippen LogP contribution in [0.3, 0.4) is 0 Å². The Hall–Kier alpha value is -1.59. The average Bonchev–Trinajstić information content (AvgIpc) is 2.54. The third-order valence-corrected chi connectivity index (χ3v) is 4.49. The summed E-state index contributed by atoms with van der Waals surface area (Å²) in [5, 5.41) is 3.87. The molecule has 124 valence electrons. The van der Waals surface area contributed by atoms with Crippen LogP contribution in [-0.4, -0.2) is 20.5 Å². The molecule has 0 bridgehead atoms. The molecule has 0 aliphatic rings. The van der Waals surface area contributed by atoms with Gasteiger partial charge in [-0.3, -0.25) is 0 Å². The lowest BCUT2D eigenvalue weighted by molar-refractivity contribution is 0.350. The number of methoxy groups -OCH3 is 2. The van der Waals surface area contributed by atoms with Crippen molar-refractivity contribution in [3.63, 3.8) is 0 Å². The summed E-state index contributed by atoms with van der Waals surface area (Å²) in [5.74, 6) is 0.889. The summed E-state index contributed by atoms with van der Waals surface area (Å²) in [6.07, 6.45) is 1.95. The van der Waals surface area contributed by atoms with Crippen molar-refractivity contribution in [2.75, 3.05) is 25.8 Å². The van der Waals surface area contributed by atoms with Crippen molar-refractivity contribution < 1.29 is 13.9 Å². The van der Waals surface area contributed by atoms with Crippen LogP contribution >= 0.6 is 23.4 Å². The van der Waals surface area contributed by atoms with E-state index in [2.05, 4.69) is 5.32 Å². The van der Waals surface area contributed by atoms with Gasteiger partial charge in [0, 0.05) is 21.5 Å². The van der Waals surface area contributed by atoms with Gasteiger partial charge in [0.1, 0.15) is 5.82 Å². The van der Waals surface area contributed by atoms with Gasteiger partial charge in [-0.15, -0.1) is 11.8 Å². The van der Waals surface area contributed by atoms with Crippen molar-refractivity contribution in [3.8, 4) is 11.5 Å². The highest BCUT2D eigenvalue weighted by molar-refractivity contribution is 7.98. The van der Waals surface area contributed by atoms with Gasteiger partial charge in [-0.25, -0.2) is 4.39 Å². The standard InChI is InChI=1S/C17H19ClFNO2S/c1-10(20-14-9-12(19)5-6-16(14)23-4)13-7-11(18)8-15(21-2)17(13)22-3/h5-10,20H,1-4H3. The first-order valence-electron chi connectivity index (χ1n) is 7.01. The molecule has 0 heterocycles. The summed E-state index contributed by atoms with van der Waals surface area (Å²) < 4.78 is 24.3. The highest BCUT2D eigenvalue weighted by atomic mass is 35.5. The van der Waals surface area contributed by atoms with Gasteiger partial charge < -0.3 is 14.8 Å². The highest BCUT2D eigenvalue weighted by Gasteiger charge is 2.18. The summed E-state index contributed by atoms with van der Waals surface area (Å²) in [6.45, 7) is 1.96. The van der Waals surface area contributed by atoms with E-state index < -0.39 is 0 Å². The first-order chi connectivity index (χ1) is 11.0. The molecule has 0 saturated carbocycles. The Labute approximate surface area is 145 Å². The highest BCUT2D eigenvalue weighted by Crippen LogP contribution is 2.39. The molecule has 6 heteroatoms. The molecule has 0 saturated heterocycles. The number of ether oxygens (including phenoxy) is 2. The molecule has 0 radical (unpaired) electrons.